The minimum Gasteiger partial charge on any atom is -0.468 e. The maximum absolute atomic E-state index is 12.2. The number of rotatable bonds is 12. The number of hydrogen-bond donors (Lipinski definition) is 1. The molecule has 9 heteroatoms. The maximum atomic E-state index is 12.2. The zero-order valence-corrected chi connectivity index (χ0v) is 18.7. The monoisotopic (exact) mass is 437 g/mol. The highest BCUT2D eigenvalue weighted by Crippen LogP contribution is 2.29. The lowest BCUT2D eigenvalue weighted by molar-refractivity contribution is -0.148. The first-order chi connectivity index (χ1) is 14.7. The van der Waals surface area contributed by atoms with Gasteiger partial charge in [-0.1, -0.05) is 19.4 Å². The average molecular weight is 437 g/mol. The minimum absolute atomic E-state index is 0.0713. The first kappa shape index (κ1) is 26.1. The van der Waals surface area contributed by atoms with Gasteiger partial charge in [-0.05, 0) is 37.5 Å². The van der Waals surface area contributed by atoms with Gasteiger partial charge >= 0.3 is 23.9 Å². The summed E-state index contributed by atoms with van der Waals surface area (Å²) in [6, 6.07) is 3.93. The number of benzene rings is 1. The van der Waals surface area contributed by atoms with Gasteiger partial charge in [0.1, 0.15) is 12.1 Å². The van der Waals surface area contributed by atoms with Crippen molar-refractivity contribution >= 4 is 23.9 Å². The highest BCUT2D eigenvalue weighted by Gasteiger charge is 2.22. The van der Waals surface area contributed by atoms with Crippen LogP contribution in [0, 0.1) is 0 Å². The van der Waals surface area contributed by atoms with Crippen molar-refractivity contribution in [2.24, 2.45) is 0 Å². The van der Waals surface area contributed by atoms with Crippen LogP contribution in [0.3, 0.4) is 0 Å². The fourth-order valence-corrected chi connectivity index (χ4v) is 2.72. The molecule has 1 aromatic carbocycles. The van der Waals surface area contributed by atoms with E-state index in [1.54, 1.807) is 13.0 Å². The van der Waals surface area contributed by atoms with Gasteiger partial charge in [0.15, 0.2) is 11.5 Å². The van der Waals surface area contributed by atoms with Gasteiger partial charge < -0.3 is 24.3 Å². The van der Waals surface area contributed by atoms with Crippen LogP contribution in [-0.4, -0.2) is 49.7 Å². The molecule has 172 valence electrons. The van der Waals surface area contributed by atoms with Gasteiger partial charge in [-0.3, -0.25) is 19.2 Å². The topological polar surface area (TPSA) is 117 Å². The van der Waals surface area contributed by atoms with Crippen LogP contribution < -0.4 is 14.8 Å². The first-order valence-electron chi connectivity index (χ1n) is 10.2. The molecule has 0 saturated heterocycles. The zero-order chi connectivity index (χ0) is 23.4. The summed E-state index contributed by atoms with van der Waals surface area (Å²) in [6.07, 6.45) is 1.79. The summed E-state index contributed by atoms with van der Waals surface area (Å²) < 4.78 is 20.3. The molecule has 0 bridgehead atoms. The second-order valence-corrected chi connectivity index (χ2v) is 7.06. The molecule has 0 aliphatic carbocycles. The van der Waals surface area contributed by atoms with Crippen molar-refractivity contribution in [3.8, 4) is 11.5 Å². The molecule has 0 aliphatic heterocycles. The van der Waals surface area contributed by atoms with Crippen LogP contribution in [-0.2, 0) is 35.1 Å². The van der Waals surface area contributed by atoms with E-state index in [2.05, 4.69) is 5.32 Å². The van der Waals surface area contributed by atoms with Gasteiger partial charge in [-0.15, -0.1) is 0 Å². The Labute approximate surface area is 182 Å². The van der Waals surface area contributed by atoms with Crippen molar-refractivity contribution < 1.29 is 38.1 Å². The van der Waals surface area contributed by atoms with Crippen LogP contribution in [0.15, 0.2) is 18.2 Å². The van der Waals surface area contributed by atoms with Crippen molar-refractivity contribution in [1.29, 1.82) is 0 Å². The van der Waals surface area contributed by atoms with E-state index >= 15 is 0 Å². The van der Waals surface area contributed by atoms with E-state index in [1.165, 1.54) is 33.1 Å². The Hall–Kier alpha value is -2.94. The molecule has 1 rings (SSSR count). The van der Waals surface area contributed by atoms with Crippen LogP contribution in [0.2, 0.25) is 0 Å². The third-order valence-corrected chi connectivity index (χ3v) is 4.16. The molecule has 0 aliphatic rings. The molecule has 1 unspecified atom stereocenters. The maximum Gasteiger partial charge on any atom is 0.323 e. The number of methoxy groups -OCH3 is 1. The fourth-order valence-electron chi connectivity index (χ4n) is 2.72. The smallest absolute Gasteiger partial charge is 0.323 e. The lowest BCUT2D eigenvalue weighted by atomic mass is 10.0. The zero-order valence-electron chi connectivity index (χ0n) is 18.7. The average Bonchev–Trinajstić information content (AvgIpc) is 2.69. The Morgan fingerprint density at radius 2 is 1.68 bits per heavy atom. The van der Waals surface area contributed by atoms with E-state index < -0.39 is 30.1 Å². The summed E-state index contributed by atoms with van der Waals surface area (Å²) in [7, 11) is 1.28. The molecule has 2 atom stereocenters. The molecule has 0 spiro atoms. The molecule has 1 aromatic rings. The van der Waals surface area contributed by atoms with E-state index in [0.717, 1.165) is 12.8 Å². The number of carbonyl (C=O) groups is 4. The molecule has 0 amide bonds. The summed E-state index contributed by atoms with van der Waals surface area (Å²) in [6.45, 7) is 6.44. The van der Waals surface area contributed by atoms with Crippen molar-refractivity contribution in [2.75, 3.05) is 13.7 Å². The van der Waals surface area contributed by atoms with E-state index in [1.807, 2.05) is 6.92 Å². The molecule has 0 fully saturated rings. The van der Waals surface area contributed by atoms with Crippen molar-refractivity contribution in [1.82, 2.24) is 5.32 Å². The number of nitrogens with one attached hydrogen (secondary N) is 1. The Kier molecular flexibility index (Phi) is 11.3. The van der Waals surface area contributed by atoms with Gasteiger partial charge in [0.05, 0.1) is 7.11 Å². The van der Waals surface area contributed by atoms with Crippen LogP contribution in [0.1, 0.15) is 52.5 Å². The highest BCUT2D eigenvalue weighted by molar-refractivity contribution is 5.76. The number of unbranched alkanes of at least 4 members (excludes halogenated alkanes) is 1. The molecule has 0 heterocycles. The van der Waals surface area contributed by atoms with Gasteiger partial charge in [0.25, 0.3) is 0 Å². The standard InChI is InChI=1S/C22H31NO8/c1-6-7-8-21(26)29-14(2)13-23-18(22(27)28-5)11-17-9-10-19(30-15(3)24)20(12-17)31-16(4)25/h9-10,12,14,18,23H,6-8,11,13H2,1-5H3/t14?,18-/m0/s1. The molecule has 31 heavy (non-hydrogen) atoms. The molecule has 0 aromatic heterocycles. The van der Waals surface area contributed by atoms with Gasteiger partial charge in [0.2, 0.25) is 0 Å². The van der Waals surface area contributed by atoms with Gasteiger partial charge in [-0.25, -0.2) is 0 Å². The molecule has 1 N–H and O–H groups in total. The van der Waals surface area contributed by atoms with Crippen molar-refractivity contribution in [3.63, 3.8) is 0 Å². The molecule has 9 nitrogen and oxygen atoms in total. The summed E-state index contributed by atoms with van der Waals surface area (Å²) in [5.41, 5.74) is 0.641. The number of carbonyl (C=O) groups excluding carboxylic acids is 4. The lowest BCUT2D eigenvalue weighted by Gasteiger charge is -2.20. The second-order valence-electron chi connectivity index (χ2n) is 7.06. The van der Waals surface area contributed by atoms with Crippen molar-refractivity contribution in [3.05, 3.63) is 23.8 Å². The third kappa shape index (κ3) is 10.1. The Bertz CT molecular complexity index is 777. The van der Waals surface area contributed by atoms with Crippen LogP contribution in [0.25, 0.3) is 0 Å². The van der Waals surface area contributed by atoms with E-state index in [9.17, 15) is 19.2 Å². The Balaban J connectivity index is 2.86. The highest BCUT2D eigenvalue weighted by atomic mass is 16.6. The lowest BCUT2D eigenvalue weighted by Crippen LogP contribution is -2.43. The number of ether oxygens (including phenoxy) is 4. The van der Waals surface area contributed by atoms with Gasteiger partial charge in [-0.2, -0.15) is 0 Å². The molecular weight excluding hydrogens is 406 g/mol. The SMILES string of the molecule is CCCCC(=O)OC(C)CN[C@@H](Cc1ccc(OC(C)=O)c(OC(C)=O)c1)C(=O)OC. The Morgan fingerprint density at radius 3 is 2.26 bits per heavy atom. The van der Waals surface area contributed by atoms with E-state index in [-0.39, 0.29) is 30.4 Å². The summed E-state index contributed by atoms with van der Waals surface area (Å²) in [5, 5.41) is 3.04. The van der Waals surface area contributed by atoms with Crippen LogP contribution in [0.4, 0.5) is 0 Å². The Morgan fingerprint density at radius 1 is 1.03 bits per heavy atom. The third-order valence-electron chi connectivity index (χ3n) is 4.16. The minimum atomic E-state index is -0.730. The predicted octanol–water partition coefficient (Wildman–Crippen LogP) is 2.33. The number of hydrogen-bond acceptors (Lipinski definition) is 9. The molecule has 0 radical (unpaired) electrons. The van der Waals surface area contributed by atoms with E-state index in [0.29, 0.717) is 12.0 Å². The molecule has 0 saturated carbocycles. The largest absolute Gasteiger partial charge is 0.468 e. The van der Waals surface area contributed by atoms with Crippen LogP contribution >= 0.6 is 0 Å². The molecular formula is C22H31NO8. The fraction of sp³-hybridized carbons (Fsp3) is 0.545. The number of esters is 4. The van der Waals surface area contributed by atoms with Crippen molar-refractivity contribution in [2.45, 2.75) is 65.5 Å². The van der Waals surface area contributed by atoms with Gasteiger partial charge in [0, 0.05) is 26.8 Å². The summed E-state index contributed by atoms with van der Waals surface area (Å²) in [5.74, 6) is -1.74. The quantitative estimate of drug-likeness (QED) is 0.388. The second kappa shape index (κ2) is 13.4. The summed E-state index contributed by atoms with van der Waals surface area (Å²) in [4.78, 5) is 46.6. The van der Waals surface area contributed by atoms with E-state index in [4.69, 9.17) is 18.9 Å². The van der Waals surface area contributed by atoms with Crippen LogP contribution in [0.5, 0.6) is 11.5 Å². The first-order valence-corrected chi connectivity index (χ1v) is 10.2. The predicted molar refractivity (Wildman–Crippen MR) is 112 cm³/mol. The normalized spacial score (nSPS) is 12.4. The summed E-state index contributed by atoms with van der Waals surface area (Å²) >= 11 is 0.